The first-order chi connectivity index (χ1) is 7.65. The number of carbonyl (C=O) groups excluding carboxylic acids is 1. The number of hydrogen-bond acceptors (Lipinski definition) is 3. The molecule has 0 saturated heterocycles. The third kappa shape index (κ3) is 5.70. The molecule has 0 spiro atoms. The first kappa shape index (κ1) is 16.7. The number of aliphatic hydroxyl groups excluding tert-OH is 1. The Morgan fingerprint density at radius 1 is 1.41 bits per heavy atom. The van der Waals surface area contributed by atoms with Crippen LogP contribution < -0.4 is 11.1 Å². The molecule has 1 rings (SSSR count). The molecule has 1 amide bonds. The van der Waals surface area contributed by atoms with Gasteiger partial charge < -0.3 is 16.2 Å². The number of aliphatic hydroxyl groups is 1. The second-order valence-electron chi connectivity index (χ2n) is 4.85. The van der Waals surface area contributed by atoms with E-state index in [0.717, 1.165) is 12.8 Å². The molecule has 0 aromatic carbocycles. The summed E-state index contributed by atoms with van der Waals surface area (Å²) >= 11 is 0. The zero-order valence-electron chi connectivity index (χ0n) is 10.5. The minimum absolute atomic E-state index is 0. The van der Waals surface area contributed by atoms with E-state index in [2.05, 4.69) is 5.32 Å². The van der Waals surface area contributed by atoms with E-state index in [9.17, 15) is 9.90 Å². The first-order valence-electron chi connectivity index (χ1n) is 6.31. The molecule has 0 aromatic rings. The predicted octanol–water partition coefficient (Wildman–Crippen LogP) is 1.06. The number of halogens is 1. The highest BCUT2D eigenvalue weighted by atomic mass is 35.5. The van der Waals surface area contributed by atoms with E-state index in [1.807, 2.05) is 0 Å². The molecule has 1 aliphatic carbocycles. The van der Waals surface area contributed by atoms with Gasteiger partial charge in [0.15, 0.2) is 0 Å². The Bertz CT molecular complexity index is 221. The monoisotopic (exact) mass is 264 g/mol. The molecule has 4 nitrogen and oxygen atoms in total. The van der Waals surface area contributed by atoms with Crippen molar-refractivity contribution in [3.05, 3.63) is 0 Å². The van der Waals surface area contributed by atoms with Gasteiger partial charge in [0.05, 0.1) is 6.10 Å². The van der Waals surface area contributed by atoms with Crippen molar-refractivity contribution in [2.45, 2.75) is 45.1 Å². The number of amides is 1. The van der Waals surface area contributed by atoms with Crippen molar-refractivity contribution in [2.24, 2.45) is 17.6 Å². The van der Waals surface area contributed by atoms with Gasteiger partial charge in [0, 0.05) is 19.0 Å². The Balaban J connectivity index is 0.00000256. The molecule has 0 radical (unpaired) electrons. The van der Waals surface area contributed by atoms with Crippen LogP contribution in [0.4, 0.5) is 0 Å². The summed E-state index contributed by atoms with van der Waals surface area (Å²) in [6, 6.07) is 0. The lowest BCUT2D eigenvalue weighted by atomic mass is 9.85. The smallest absolute Gasteiger partial charge is 0.224 e. The van der Waals surface area contributed by atoms with Crippen molar-refractivity contribution in [3.63, 3.8) is 0 Å². The number of rotatable bonds is 5. The lowest BCUT2D eigenvalue weighted by Gasteiger charge is -2.27. The van der Waals surface area contributed by atoms with E-state index in [0.29, 0.717) is 19.0 Å². The van der Waals surface area contributed by atoms with Crippen molar-refractivity contribution in [1.82, 2.24) is 5.32 Å². The highest BCUT2D eigenvalue weighted by molar-refractivity contribution is 5.85. The summed E-state index contributed by atoms with van der Waals surface area (Å²) in [4.78, 5) is 11.5. The summed E-state index contributed by atoms with van der Waals surface area (Å²) in [6.45, 7) is 2.52. The van der Waals surface area contributed by atoms with E-state index >= 15 is 0 Å². The van der Waals surface area contributed by atoms with Crippen molar-refractivity contribution < 1.29 is 9.90 Å². The van der Waals surface area contributed by atoms with Crippen LogP contribution in [0.25, 0.3) is 0 Å². The van der Waals surface area contributed by atoms with Gasteiger partial charge in [-0.25, -0.2) is 0 Å². The van der Waals surface area contributed by atoms with Gasteiger partial charge in [-0.15, -0.1) is 12.4 Å². The Morgan fingerprint density at radius 2 is 2.00 bits per heavy atom. The fraction of sp³-hybridized carbons (Fsp3) is 0.917. The van der Waals surface area contributed by atoms with E-state index in [-0.39, 0.29) is 24.2 Å². The summed E-state index contributed by atoms with van der Waals surface area (Å²) in [7, 11) is 0. The van der Waals surface area contributed by atoms with Gasteiger partial charge in [-0.05, 0) is 18.8 Å². The molecule has 4 N–H and O–H groups in total. The average Bonchev–Trinajstić information content (AvgIpc) is 2.35. The average molecular weight is 265 g/mol. The van der Waals surface area contributed by atoms with Crippen LogP contribution in [0.5, 0.6) is 0 Å². The molecule has 1 fully saturated rings. The minimum Gasteiger partial charge on any atom is -0.391 e. The van der Waals surface area contributed by atoms with Gasteiger partial charge in [-0.1, -0.05) is 26.2 Å². The standard InChI is InChI=1S/C12H24N2O2.ClH/c1-9(7-13)12(16)14-8-11(15)10-5-3-2-4-6-10;/h9-11,15H,2-8,13H2,1H3,(H,14,16);1H. The summed E-state index contributed by atoms with van der Waals surface area (Å²) in [5, 5.41) is 12.7. The number of carbonyl (C=O) groups is 1. The quantitative estimate of drug-likeness (QED) is 0.695. The van der Waals surface area contributed by atoms with Gasteiger partial charge >= 0.3 is 0 Å². The molecule has 0 aromatic heterocycles. The topological polar surface area (TPSA) is 75.4 Å². The summed E-state index contributed by atoms with van der Waals surface area (Å²) in [6.07, 6.45) is 5.46. The number of nitrogens with one attached hydrogen (secondary N) is 1. The predicted molar refractivity (Wildman–Crippen MR) is 71.1 cm³/mol. The van der Waals surface area contributed by atoms with Crippen LogP contribution >= 0.6 is 12.4 Å². The maximum Gasteiger partial charge on any atom is 0.224 e. The van der Waals surface area contributed by atoms with E-state index in [1.165, 1.54) is 19.3 Å². The van der Waals surface area contributed by atoms with Gasteiger partial charge in [0.1, 0.15) is 0 Å². The van der Waals surface area contributed by atoms with Gasteiger partial charge in [0.2, 0.25) is 5.91 Å². The molecular formula is C12H25ClN2O2. The molecular weight excluding hydrogens is 240 g/mol. The van der Waals surface area contributed by atoms with E-state index < -0.39 is 6.10 Å². The molecule has 2 unspecified atom stereocenters. The van der Waals surface area contributed by atoms with Gasteiger partial charge in [0.25, 0.3) is 0 Å². The van der Waals surface area contributed by atoms with Crippen molar-refractivity contribution >= 4 is 18.3 Å². The molecule has 0 heterocycles. The maximum absolute atomic E-state index is 11.5. The zero-order chi connectivity index (χ0) is 12.0. The molecule has 1 aliphatic rings. The van der Waals surface area contributed by atoms with Crippen LogP contribution in [0.2, 0.25) is 0 Å². The largest absolute Gasteiger partial charge is 0.391 e. The second kappa shape index (κ2) is 8.72. The molecule has 0 bridgehead atoms. The summed E-state index contributed by atoms with van der Waals surface area (Å²) < 4.78 is 0. The Hall–Kier alpha value is -0.320. The van der Waals surface area contributed by atoms with Crippen molar-refractivity contribution in [2.75, 3.05) is 13.1 Å². The molecule has 1 saturated carbocycles. The van der Waals surface area contributed by atoms with Crippen LogP contribution in [0.3, 0.4) is 0 Å². The lowest BCUT2D eigenvalue weighted by molar-refractivity contribution is -0.124. The number of hydrogen-bond donors (Lipinski definition) is 3. The third-order valence-corrected chi connectivity index (χ3v) is 3.48. The first-order valence-corrected chi connectivity index (χ1v) is 6.31. The molecule has 2 atom stereocenters. The Labute approximate surface area is 110 Å². The highest BCUT2D eigenvalue weighted by Crippen LogP contribution is 2.26. The minimum atomic E-state index is -0.394. The Morgan fingerprint density at radius 3 is 2.53 bits per heavy atom. The van der Waals surface area contributed by atoms with Crippen LogP contribution in [0, 0.1) is 11.8 Å². The van der Waals surface area contributed by atoms with Crippen molar-refractivity contribution in [3.8, 4) is 0 Å². The summed E-state index contributed by atoms with van der Waals surface area (Å²) in [5.74, 6) is 0.137. The van der Waals surface area contributed by atoms with Crippen LogP contribution in [-0.2, 0) is 4.79 Å². The SMILES string of the molecule is CC(CN)C(=O)NCC(O)C1CCCCC1.Cl. The Kier molecular flexibility index (Phi) is 8.56. The summed E-state index contributed by atoms with van der Waals surface area (Å²) in [5.41, 5.74) is 5.40. The van der Waals surface area contributed by atoms with Crippen LogP contribution in [-0.4, -0.2) is 30.2 Å². The van der Waals surface area contributed by atoms with Gasteiger partial charge in [-0.3, -0.25) is 4.79 Å². The highest BCUT2D eigenvalue weighted by Gasteiger charge is 2.22. The molecule has 17 heavy (non-hydrogen) atoms. The second-order valence-corrected chi connectivity index (χ2v) is 4.85. The fourth-order valence-electron chi connectivity index (χ4n) is 2.17. The van der Waals surface area contributed by atoms with Crippen molar-refractivity contribution in [1.29, 1.82) is 0 Å². The zero-order valence-corrected chi connectivity index (χ0v) is 11.3. The lowest BCUT2D eigenvalue weighted by Crippen LogP contribution is -2.40. The van der Waals surface area contributed by atoms with E-state index in [1.54, 1.807) is 6.92 Å². The molecule has 102 valence electrons. The third-order valence-electron chi connectivity index (χ3n) is 3.48. The van der Waals surface area contributed by atoms with Crippen LogP contribution in [0.15, 0.2) is 0 Å². The fourth-order valence-corrected chi connectivity index (χ4v) is 2.17. The van der Waals surface area contributed by atoms with E-state index in [4.69, 9.17) is 5.73 Å². The number of nitrogens with two attached hydrogens (primary N) is 1. The molecule has 5 heteroatoms. The van der Waals surface area contributed by atoms with Crippen LogP contribution in [0.1, 0.15) is 39.0 Å². The normalized spacial score (nSPS) is 20.2. The molecule has 0 aliphatic heterocycles. The van der Waals surface area contributed by atoms with Gasteiger partial charge in [-0.2, -0.15) is 0 Å². The maximum atomic E-state index is 11.5.